The number of nitrogens with one attached hydrogen (secondary N) is 1. The van der Waals surface area contributed by atoms with Gasteiger partial charge in [0.25, 0.3) is 0 Å². The second-order valence-electron chi connectivity index (χ2n) is 5.64. The molecule has 0 heterocycles. The second-order valence-corrected chi connectivity index (χ2v) is 6.04. The molecule has 2 aromatic rings. The largest absolute Gasteiger partial charge is 0.497 e. The molecule has 0 atom stereocenters. The number of Topliss-reactive ketones (excluding diaryl/α,β-unsaturated/α-hetero) is 1. The number of hydrogen-bond acceptors (Lipinski definition) is 3. The Morgan fingerprint density at radius 2 is 1.83 bits per heavy atom. The van der Waals surface area contributed by atoms with Gasteiger partial charge in [0.15, 0.2) is 5.78 Å². The average Bonchev–Trinajstić information content (AvgIpc) is 2.56. The fourth-order valence-electron chi connectivity index (χ4n) is 2.33. The van der Waals surface area contributed by atoms with Crippen molar-refractivity contribution in [1.82, 2.24) is 0 Å². The number of carbonyl (C=O) groups excluding carboxylic acids is 2. The molecule has 0 saturated carbocycles. The van der Waals surface area contributed by atoms with E-state index in [9.17, 15) is 9.59 Å². The molecule has 0 fully saturated rings. The Bertz CT molecular complexity index is 771. The number of carbonyl (C=O) groups is 2. The molecule has 0 aliphatic heterocycles. The third-order valence-electron chi connectivity index (χ3n) is 3.72. The number of halogens is 1. The fraction of sp³-hybridized carbons (Fsp3) is 0.263. The van der Waals surface area contributed by atoms with Crippen molar-refractivity contribution in [2.24, 2.45) is 0 Å². The topological polar surface area (TPSA) is 55.4 Å². The third-order valence-corrected chi connectivity index (χ3v) is 4.04. The normalized spacial score (nSPS) is 10.3. The van der Waals surface area contributed by atoms with Gasteiger partial charge >= 0.3 is 0 Å². The highest BCUT2D eigenvalue weighted by molar-refractivity contribution is 6.33. The van der Waals surface area contributed by atoms with Crippen molar-refractivity contribution in [3.8, 4) is 5.75 Å². The predicted octanol–water partition coefficient (Wildman–Crippen LogP) is 4.57. The Hall–Kier alpha value is -2.33. The first kappa shape index (κ1) is 18.0. The maximum Gasteiger partial charge on any atom is 0.224 e. The average molecular weight is 346 g/mol. The number of amides is 1. The summed E-state index contributed by atoms with van der Waals surface area (Å²) in [6.07, 6.45) is 0.262. The first-order chi connectivity index (χ1) is 11.4. The van der Waals surface area contributed by atoms with Crippen molar-refractivity contribution in [3.05, 3.63) is 58.1 Å². The fourth-order valence-corrected chi connectivity index (χ4v) is 2.55. The van der Waals surface area contributed by atoms with E-state index >= 15 is 0 Å². The van der Waals surface area contributed by atoms with Gasteiger partial charge in [0.1, 0.15) is 5.75 Å². The molecular weight excluding hydrogens is 326 g/mol. The van der Waals surface area contributed by atoms with Gasteiger partial charge in [-0.2, -0.15) is 0 Å². The molecule has 0 aromatic heterocycles. The van der Waals surface area contributed by atoms with Crippen LogP contribution in [0.5, 0.6) is 5.75 Å². The van der Waals surface area contributed by atoms with Crippen molar-refractivity contribution >= 4 is 29.0 Å². The lowest BCUT2D eigenvalue weighted by molar-refractivity contribution is -0.116. The van der Waals surface area contributed by atoms with Crippen LogP contribution in [0.3, 0.4) is 0 Å². The van der Waals surface area contributed by atoms with E-state index in [0.717, 1.165) is 11.1 Å². The van der Waals surface area contributed by atoms with Gasteiger partial charge < -0.3 is 10.1 Å². The number of aryl methyl sites for hydroxylation is 2. The van der Waals surface area contributed by atoms with E-state index in [1.165, 1.54) is 0 Å². The summed E-state index contributed by atoms with van der Waals surface area (Å²) in [4.78, 5) is 24.4. The Balaban J connectivity index is 1.96. The molecule has 0 spiro atoms. The zero-order valence-corrected chi connectivity index (χ0v) is 14.7. The van der Waals surface area contributed by atoms with Crippen LogP contribution in [0.25, 0.3) is 0 Å². The minimum absolute atomic E-state index is 0.0350. The maximum atomic E-state index is 12.3. The number of ketones is 1. The van der Waals surface area contributed by atoms with Crippen LogP contribution < -0.4 is 10.1 Å². The van der Waals surface area contributed by atoms with Crippen molar-refractivity contribution < 1.29 is 14.3 Å². The molecule has 0 radical (unpaired) electrons. The van der Waals surface area contributed by atoms with Crippen LogP contribution in [0, 0.1) is 13.8 Å². The van der Waals surface area contributed by atoms with Crippen LogP contribution in [0.4, 0.5) is 5.69 Å². The molecule has 2 aromatic carbocycles. The minimum Gasteiger partial charge on any atom is -0.497 e. The number of anilines is 1. The van der Waals surface area contributed by atoms with Crippen molar-refractivity contribution in [3.63, 3.8) is 0 Å². The van der Waals surface area contributed by atoms with E-state index in [2.05, 4.69) is 5.32 Å². The van der Waals surface area contributed by atoms with Crippen molar-refractivity contribution in [1.29, 1.82) is 0 Å². The number of benzene rings is 2. The van der Waals surface area contributed by atoms with Crippen LogP contribution in [0.15, 0.2) is 36.4 Å². The second kappa shape index (κ2) is 7.97. The number of ether oxygens (including phenoxy) is 1. The highest BCUT2D eigenvalue weighted by Gasteiger charge is 2.13. The van der Waals surface area contributed by atoms with Gasteiger partial charge in [0.2, 0.25) is 5.91 Å². The van der Waals surface area contributed by atoms with E-state index in [4.69, 9.17) is 16.3 Å². The highest BCUT2D eigenvalue weighted by atomic mass is 35.5. The standard InChI is InChI=1S/C19H20ClNO3/c1-12-4-5-13(2)15(10-12)18(22)8-9-19(23)21-17-7-6-14(24-3)11-16(17)20/h4-7,10-11H,8-9H2,1-3H3,(H,21,23). The molecule has 2 rings (SSSR count). The molecule has 0 unspecified atom stereocenters. The maximum absolute atomic E-state index is 12.3. The quantitative estimate of drug-likeness (QED) is 0.780. The lowest BCUT2D eigenvalue weighted by Gasteiger charge is -2.09. The predicted molar refractivity (Wildman–Crippen MR) is 96.1 cm³/mol. The smallest absolute Gasteiger partial charge is 0.224 e. The molecule has 0 bridgehead atoms. The first-order valence-electron chi connectivity index (χ1n) is 7.64. The molecule has 5 heteroatoms. The summed E-state index contributed by atoms with van der Waals surface area (Å²) in [7, 11) is 1.54. The van der Waals surface area contributed by atoms with Gasteiger partial charge in [-0.15, -0.1) is 0 Å². The molecule has 126 valence electrons. The molecule has 1 amide bonds. The van der Waals surface area contributed by atoms with Gasteiger partial charge in [-0.25, -0.2) is 0 Å². The van der Waals surface area contributed by atoms with Crippen LogP contribution in [-0.2, 0) is 4.79 Å². The number of rotatable bonds is 6. The molecule has 0 saturated heterocycles. The van der Waals surface area contributed by atoms with Gasteiger partial charge in [-0.1, -0.05) is 29.3 Å². The lowest BCUT2D eigenvalue weighted by atomic mass is 9.99. The third kappa shape index (κ3) is 4.59. The van der Waals surface area contributed by atoms with E-state index in [1.807, 2.05) is 32.0 Å². The molecular formula is C19H20ClNO3. The van der Waals surface area contributed by atoms with Gasteiger partial charge in [-0.3, -0.25) is 9.59 Å². The SMILES string of the molecule is COc1ccc(NC(=O)CCC(=O)c2cc(C)ccc2C)c(Cl)c1. The summed E-state index contributed by atoms with van der Waals surface area (Å²) in [5.41, 5.74) is 3.12. The Labute approximate surface area is 146 Å². The van der Waals surface area contributed by atoms with E-state index in [-0.39, 0.29) is 24.5 Å². The van der Waals surface area contributed by atoms with Gasteiger partial charge in [-0.05, 0) is 37.6 Å². The van der Waals surface area contributed by atoms with Gasteiger partial charge in [0, 0.05) is 24.5 Å². The Morgan fingerprint density at radius 3 is 2.50 bits per heavy atom. The van der Waals surface area contributed by atoms with Crippen LogP contribution >= 0.6 is 11.6 Å². The Kier molecular flexibility index (Phi) is 5.99. The molecule has 1 N–H and O–H groups in total. The molecule has 24 heavy (non-hydrogen) atoms. The van der Waals surface area contributed by atoms with Crippen molar-refractivity contribution in [2.75, 3.05) is 12.4 Å². The summed E-state index contributed by atoms with van der Waals surface area (Å²) in [6.45, 7) is 3.83. The molecule has 4 nitrogen and oxygen atoms in total. The first-order valence-corrected chi connectivity index (χ1v) is 8.02. The summed E-state index contributed by atoms with van der Waals surface area (Å²) in [5, 5.41) is 3.11. The van der Waals surface area contributed by atoms with Crippen LogP contribution in [0.2, 0.25) is 5.02 Å². The molecule has 0 aliphatic rings. The number of methoxy groups -OCH3 is 1. The Morgan fingerprint density at radius 1 is 1.08 bits per heavy atom. The monoisotopic (exact) mass is 345 g/mol. The summed E-state index contributed by atoms with van der Waals surface area (Å²) < 4.78 is 5.06. The summed E-state index contributed by atoms with van der Waals surface area (Å²) >= 11 is 6.09. The van der Waals surface area contributed by atoms with Crippen LogP contribution in [0.1, 0.15) is 34.3 Å². The zero-order chi connectivity index (χ0) is 17.7. The number of hydrogen-bond donors (Lipinski definition) is 1. The van der Waals surface area contributed by atoms with Gasteiger partial charge in [0.05, 0.1) is 17.8 Å². The summed E-state index contributed by atoms with van der Waals surface area (Å²) in [5.74, 6) is 0.330. The highest BCUT2D eigenvalue weighted by Crippen LogP contribution is 2.26. The molecule has 0 aliphatic carbocycles. The van der Waals surface area contributed by atoms with Crippen molar-refractivity contribution in [2.45, 2.75) is 26.7 Å². The summed E-state index contributed by atoms with van der Waals surface area (Å²) in [6, 6.07) is 10.7. The zero-order valence-electron chi connectivity index (χ0n) is 14.0. The lowest BCUT2D eigenvalue weighted by Crippen LogP contribution is -2.14. The minimum atomic E-state index is -0.249. The van der Waals surface area contributed by atoms with E-state index < -0.39 is 0 Å². The van der Waals surface area contributed by atoms with Crippen LogP contribution in [-0.4, -0.2) is 18.8 Å². The van der Waals surface area contributed by atoms with E-state index in [1.54, 1.807) is 25.3 Å². The van der Waals surface area contributed by atoms with E-state index in [0.29, 0.717) is 22.0 Å².